The standard InChI is InChI=1S/C12H16N2O/c13-12(15)10-6-4-9(5-7-10)11-3-1-2-8-14-11/h1-3,8-10H,4-7H2,(H2,13,15)/t9-,10-. The second kappa shape index (κ2) is 4.43. The third-order valence-electron chi connectivity index (χ3n) is 3.24. The van der Waals surface area contributed by atoms with Crippen molar-refractivity contribution in [3.05, 3.63) is 30.1 Å². The first-order chi connectivity index (χ1) is 7.27. The maximum atomic E-state index is 11.0. The average Bonchev–Trinajstić information content (AvgIpc) is 2.30. The summed E-state index contributed by atoms with van der Waals surface area (Å²) in [6.45, 7) is 0. The van der Waals surface area contributed by atoms with Gasteiger partial charge in [-0.2, -0.15) is 0 Å². The van der Waals surface area contributed by atoms with E-state index in [1.165, 1.54) is 0 Å². The van der Waals surface area contributed by atoms with Crippen LogP contribution in [0.15, 0.2) is 24.4 Å². The summed E-state index contributed by atoms with van der Waals surface area (Å²) >= 11 is 0. The van der Waals surface area contributed by atoms with Crippen molar-refractivity contribution in [1.29, 1.82) is 0 Å². The van der Waals surface area contributed by atoms with E-state index in [9.17, 15) is 4.79 Å². The Bertz CT molecular complexity index is 329. The number of nitrogens with two attached hydrogens (primary N) is 1. The fraction of sp³-hybridized carbons (Fsp3) is 0.500. The van der Waals surface area contributed by atoms with Gasteiger partial charge in [-0.3, -0.25) is 9.78 Å². The monoisotopic (exact) mass is 204 g/mol. The van der Waals surface area contributed by atoms with E-state index in [-0.39, 0.29) is 11.8 Å². The van der Waals surface area contributed by atoms with Gasteiger partial charge in [-0.1, -0.05) is 6.07 Å². The Hall–Kier alpha value is -1.38. The number of amides is 1. The molecule has 1 aliphatic rings. The van der Waals surface area contributed by atoms with Crippen molar-refractivity contribution >= 4 is 5.91 Å². The third kappa shape index (κ3) is 2.35. The lowest BCUT2D eigenvalue weighted by Gasteiger charge is -2.26. The first-order valence-corrected chi connectivity index (χ1v) is 5.47. The van der Waals surface area contributed by atoms with Gasteiger partial charge in [0.25, 0.3) is 0 Å². The topological polar surface area (TPSA) is 56.0 Å². The predicted octanol–water partition coefficient (Wildman–Crippen LogP) is 1.84. The molecule has 3 nitrogen and oxygen atoms in total. The van der Waals surface area contributed by atoms with E-state index >= 15 is 0 Å². The number of nitrogens with zero attached hydrogens (tertiary/aromatic N) is 1. The molecule has 0 bridgehead atoms. The van der Waals surface area contributed by atoms with Crippen molar-refractivity contribution in [2.75, 3.05) is 0 Å². The minimum absolute atomic E-state index is 0.0879. The van der Waals surface area contributed by atoms with Crippen LogP contribution in [0.4, 0.5) is 0 Å². The van der Waals surface area contributed by atoms with E-state index in [1.54, 1.807) is 0 Å². The minimum Gasteiger partial charge on any atom is -0.369 e. The van der Waals surface area contributed by atoms with Gasteiger partial charge in [-0.25, -0.2) is 0 Å². The van der Waals surface area contributed by atoms with Crippen LogP contribution in [0.5, 0.6) is 0 Å². The van der Waals surface area contributed by atoms with Crippen LogP contribution in [0, 0.1) is 5.92 Å². The summed E-state index contributed by atoms with van der Waals surface area (Å²) in [4.78, 5) is 15.4. The SMILES string of the molecule is NC(=O)[C@H]1CC[C@H](c2ccccn2)CC1. The largest absolute Gasteiger partial charge is 0.369 e. The molecule has 0 radical (unpaired) electrons. The number of pyridine rings is 1. The zero-order valence-corrected chi connectivity index (χ0v) is 8.73. The van der Waals surface area contributed by atoms with Gasteiger partial charge in [0.15, 0.2) is 0 Å². The molecule has 1 amide bonds. The van der Waals surface area contributed by atoms with Crippen molar-refractivity contribution in [2.45, 2.75) is 31.6 Å². The van der Waals surface area contributed by atoms with Crippen LogP contribution < -0.4 is 5.73 Å². The summed E-state index contributed by atoms with van der Waals surface area (Å²) in [5.74, 6) is 0.459. The van der Waals surface area contributed by atoms with Crippen molar-refractivity contribution < 1.29 is 4.79 Å². The fourth-order valence-electron chi connectivity index (χ4n) is 2.29. The molecule has 2 rings (SSSR count). The van der Waals surface area contributed by atoms with Gasteiger partial charge in [0.2, 0.25) is 5.91 Å². The van der Waals surface area contributed by atoms with Crippen molar-refractivity contribution in [1.82, 2.24) is 4.98 Å². The van der Waals surface area contributed by atoms with Gasteiger partial charge in [-0.15, -0.1) is 0 Å². The molecule has 1 aliphatic carbocycles. The number of hydrogen-bond donors (Lipinski definition) is 1. The molecule has 1 heterocycles. The maximum absolute atomic E-state index is 11.0. The highest BCUT2D eigenvalue weighted by Crippen LogP contribution is 2.34. The lowest BCUT2D eigenvalue weighted by atomic mass is 9.80. The zero-order chi connectivity index (χ0) is 10.7. The Balaban J connectivity index is 1.97. The number of hydrogen-bond acceptors (Lipinski definition) is 2. The lowest BCUT2D eigenvalue weighted by Crippen LogP contribution is -2.27. The highest BCUT2D eigenvalue weighted by molar-refractivity contribution is 5.76. The summed E-state index contributed by atoms with van der Waals surface area (Å²) in [5, 5.41) is 0. The summed E-state index contributed by atoms with van der Waals surface area (Å²) in [6, 6.07) is 6.01. The predicted molar refractivity (Wildman–Crippen MR) is 58.1 cm³/mol. The van der Waals surface area contributed by atoms with Gasteiger partial charge in [0.1, 0.15) is 0 Å². The van der Waals surface area contributed by atoms with Crippen LogP contribution in [-0.2, 0) is 4.79 Å². The smallest absolute Gasteiger partial charge is 0.220 e. The summed E-state index contributed by atoms with van der Waals surface area (Å²) in [6.07, 6.45) is 5.72. The minimum atomic E-state index is -0.144. The van der Waals surface area contributed by atoms with E-state index in [4.69, 9.17) is 5.73 Å². The first-order valence-electron chi connectivity index (χ1n) is 5.47. The van der Waals surface area contributed by atoms with Gasteiger partial charge < -0.3 is 5.73 Å². The van der Waals surface area contributed by atoms with E-state index in [2.05, 4.69) is 11.1 Å². The number of aromatic nitrogens is 1. The molecule has 0 atom stereocenters. The number of primary amides is 1. The molecule has 0 aromatic carbocycles. The highest BCUT2D eigenvalue weighted by atomic mass is 16.1. The molecule has 15 heavy (non-hydrogen) atoms. The molecule has 3 heteroatoms. The van der Waals surface area contributed by atoms with Crippen LogP contribution >= 0.6 is 0 Å². The van der Waals surface area contributed by atoms with Crippen molar-refractivity contribution in [3.8, 4) is 0 Å². The maximum Gasteiger partial charge on any atom is 0.220 e. The van der Waals surface area contributed by atoms with E-state index < -0.39 is 0 Å². The summed E-state index contributed by atoms with van der Waals surface area (Å²) < 4.78 is 0. The van der Waals surface area contributed by atoms with E-state index in [1.807, 2.05) is 18.3 Å². The Morgan fingerprint density at radius 1 is 1.27 bits per heavy atom. The number of carbonyl (C=O) groups excluding carboxylic acids is 1. The normalized spacial score (nSPS) is 26.1. The Kier molecular flexibility index (Phi) is 2.99. The molecule has 1 aromatic rings. The Morgan fingerprint density at radius 2 is 2.00 bits per heavy atom. The molecule has 2 N–H and O–H groups in total. The molecule has 1 saturated carbocycles. The van der Waals surface area contributed by atoms with Crippen LogP contribution in [0.3, 0.4) is 0 Å². The summed E-state index contributed by atoms with van der Waals surface area (Å²) in [7, 11) is 0. The first kappa shape index (κ1) is 10.1. The quantitative estimate of drug-likeness (QED) is 0.799. The molecule has 0 spiro atoms. The number of rotatable bonds is 2. The fourth-order valence-corrected chi connectivity index (χ4v) is 2.29. The van der Waals surface area contributed by atoms with Crippen molar-refractivity contribution in [2.24, 2.45) is 11.7 Å². The van der Waals surface area contributed by atoms with Crippen LogP contribution in [0.25, 0.3) is 0 Å². The second-order valence-electron chi connectivity index (χ2n) is 4.21. The van der Waals surface area contributed by atoms with Crippen LogP contribution in [-0.4, -0.2) is 10.9 Å². The molecule has 80 valence electrons. The average molecular weight is 204 g/mol. The molecule has 0 saturated heterocycles. The van der Waals surface area contributed by atoms with Gasteiger partial charge in [-0.05, 0) is 37.8 Å². The number of carbonyl (C=O) groups is 1. The zero-order valence-electron chi connectivity index (χ0n) is 8.73. The van der Waals surface area contributed by atoms with Gasteiger partial charge in [0.05, 0.1) is 0 Å². The van der Waals surface area contributed by atoms with Crippen LogP contribution in [0.1, 0.15) is 37.3 Å². The third-order valence-corrected chi connectivity index (χ3v) is 3.24. The van der Waals surface area contributed by atoms with Gasteiger partial charge in [0, 0.05) is 23.7 Å². The molecular formula is C12H16N2O. The van der Waals surface area contributed by atoms with Crippen molar-refractivity contribution in [3.63, 3.8) is 0 Å². The second-order valence-corrected chi connectivity index (χ2v) is 4.21. The molecule has 0 unspecified atom stereocenters. The molecule has 1 fully saturated rings. The van der Waals surface area contributed by atoms with E-state index in [0.29, 0.717) is 5.92 Å². The van der Waals surface area contributed by atoms with Crippen LogP contribution in [0.2, 0.25) is 0 Å². The lowest BCUT2D eigenvalue weighted by molar-refractivity contribution is -0.122. The molecule has 0 aliphatic heterocycles. The Morgan fingerprint density at radius 3 is 2.53 bits per heavy atom. The van der Waals surface area contributed by atoms with Gasteiger partial charge >= 0.3 is 0 Å². The highest BCUT2D eigenvalue weighted by Gasteiger charge is 2.25. The van der Waals surface area contributed by atoms with E-state index in [0.717, 1.165) is 31.4 Å². The molecular weight excluding hydrogens is 188 g/mol. The Labute approximate surface area is 89.7 Å². The molecule has 1 aromatic heterocycles. The summed E-state index contributed by atoms with van der Waals surface area (Å²) in [5.41, 5.74) is 6.45.